The molecule has 0 spiro atoms. The summed E-state index contributed by atoms with van der Waals surface area (Å²) in [4.78, 5) is 20.6. The zero-order chi connectivity index (χ0) is 29.0. The summed E-state index contributed by atoms with van der Waals surface area (Å²) in [6.45, 7) is 5.26. The zero-order valence-corrected chi connectivity index (χ0v) is 24.5. The first-order valence-electron chi connectivity index (χ1n) is 15.0. The van der Waals surface area contributed by atoms with Crippen molar-refractivity contribution in [2.24, 2.45) is 0 Å². The summed E-state index contributed by atoms with van der Waals surface area (Å²) in [6, 6.07) is 32.5. The van der Waals surface area contributed by atoms with Crippen molar-refractivity contribution < 1.29 is 14.3 Å². The molecule has 1 amide bonds. The lowest BCUT2D eigenvalue weighted by molar-refractivity contribution is 0.0819. The minimum absolute atomic E-state index is 0.0988. The highest BCUT2D eigenvalue weighted by atomic mass is 16.5. The van der Waals surface area contributed by atoms with Crippen LogP contribution >= 0.6 is 0 Å². The van der Waals surface area contributed by atoms with E-state index in [1.807, 2.05) is 61.7 Å². The molecule has 0 unspecified atom stereocenters. The molecule has 5 rings (SSSR count). The van der Waals surface area contributed by atoms with E-state index < -0.39 is 0 Å². The average Bonchev–Trinajstić information content (AvgIpc) is 3.02. The number of hydrogen-bond acceptors (Lipinski definition) is 5. The number of hydrogen-bond donors (Lipinski definition) is 1. The Morgan fingerprint density at radius 1 is 0.810 bits per heavy atom. The Bertz CT molecular complexity index is 1380. The maximum atomic E-state index is 13.6. The smallest absolute Gasteiger partial charge is 0.255 e. The lowest BCUT2D eigenvalue weighted by Gasteiger charge is -2.32. The minimum atomic E-state index is -0.146. The van der Waals surface area contributed by atoms with Gasteiger partial charge in [0.05, 0.1) is 18.2 Å². The fraction of sp³-hybridized carbons (Fsp3) is 0.333. The Kier molecular flexibility index (Phi) is 10.7. The summed E-state index contributed by atoms with van der Waals surface area (Å²) in [6.07, 6.45) is 5.45. The normalized spacial score (nSPS) is 19.0. The van der Waals surface area contributed by atoms with Crippen LogP contribution in [0.15, 0.2) is 103 Å². The van der Waals surface area contributed by atoms with E-state index in [4.69, 9.17) is 9.47 Å². The number of nitrogens with zero attached hydrogens (tertiary/aromatic N) is 2. The van der Waals surface area contributed by atoms with E-state index in [0.717, 1.165) is 38.0 Å². The number of ether oxygens (including phenoxy) is 2. The molecule has 2 heterocycles. The summed E-state index contributed by atoms with van der Waals surface area (Å²) in [5, 5.41) is 3.23. The minimum Gasteiger partial charge on any atom is -0.491 e. The maximum Gasteiger partial charge on any atom is 0.255 e. The highest BCUT2D eigenvalue weighted by molar-refractivity contribution is 5.97. The van der Waals surface area contributed by atoms with Crippen molar-refractivity contribution in [2.75, 3.05) is 26.4 Å². The van der Waals surface area contributed by atoms with Crippen molar-refractivity contribution in [1.29, 1.82) is 0 Å². The molecule has 0 fully saturated rings. The van der Waals surface area contributed by atoms with Gasteiger partial charge in [-0.3, -0.25) is 14.7 Å². The van der Waals surface area contributed by atoms with Gasteiger partial charge >= 0.3 is 0 Å². The molecule has 4 aromatic rings. The van der Waals surface area contributed by atoms with Gasteiger partial charge in [-0.15, -0.1) is 0 Å². The Labute approximate surface area is 249 Å². The Morgan fingerprint density at radius 3 is 2.26 bits per heavy atom. The number of rotatable bonds is 6. The number of aromatic nitrogens is 1. The molecule has 0 saturated carbocycles. The second-order valence-corrected chi connectivity index (χ2v) is 11.1. The fourth-order valence-corrected chi connectivity index (χ4v) is 5.42. The van der Waals surface area contributed by atoms with Crippen LogP contribution in [0.25, 0.3) is 0 Å². The number of carbonyl (C=O) groups is 1. The predicted molar refractivity (Wildman–Crippen MR) is 167 cm³/mol. The van der Waals surface area contributed by atoms with Crippen molar-refractivity contribution in [2.45, 2.75) is 51.2 Å². The van der Waals surface area contributed by atoms with Crippen molar-refractivity contribution in [3.63, 3.8) is 0 Å². The van der Waals surface area contributed by atoms with Crippen LogP contribution in [-0.2, 0) is 24.1 Å². The molecule has 1 aliphatic rings. The summed E-state index contributed by atoms with van der Waals surface area (Å²) in [5.74, 6) is 0.450. The van der Waals surface area contributed by atoms with Crippen LogP contribution in [0.1, 0.15) is 45.6 Å². The van der Waals surface area contributed by atoms with Crippen LogP contribution in [0.3, 0.4) is 0 Å². The van der Waals surface area contributed by atoms with Gasteiger partial charge < -0.3 is 14.8 Å². The standard InChI is InChI=1S/C36H41N3O3/c1-28-18-19-31(24-37-28)25-39-20-10-11-21-41-26-32(22-29-12-4-2-5-13-29)38-36(40)34-16-8-9-17-35(34)42-27-33(39)23-30-14-6-3-7-15-30/h2-9,12-19,24,32-33H,10-11,20-23,25-27H2,1H3,(H,38,40)/t32-,33-/m0/s1. The van der Waals surface area contributed by atoms with E-state index in [9.17, 15) is 4.79 Å². The molecule has 42 heavy (non-hydrogen) atoms. The fourth-order valence-electron chi connectivity index (χ4n) is 5.42. The van der Waals surface area contributed by atoms with Gasteiger partial charge in [0.2, 0.25) is 0 Å². The van der Waals surface area contributed by atoms with Gasteiger partial charge in [0, 0.05) is 31.1 Å². The average molecular weight is 564 g/mol. The molecule has 1 N–H and O–H groups in total. The van der Waals surface area contributed by atoms with Crippen LogP contribution in [0.5, 0.6) is 5.75 Å². The van der Waals surface area contributed by atoms with Crippen molar-refractivity contribution in [3.8, 4) is 5.75 Å². The quantitative estimate of drug-likeness (QED) is 0.310. The van der Waals surface area contributed by atoms with E-state index in [1.54, 1.807) is 0 Å². The summed E-state index contributed by atoms with van der Waals surface area (Å²) < 4.78 is 12.7. The predicted octanol–water partition coefficient (Wildman–Crippen LogP) is 6.03. The molecule has 0 radical (unpaired) electrons. The molecule has 218 valence electrons. The first-order chi connectivity index (χ1) is 20.6. The Hall–Kier alpha value is -4.00. The number of benzene rings is 3. The topological polar surface area (TPSA) is 63.7 Å². The van der Waals surface area contributed by atoms with Crippen molar-refractivity contribution >= 4 is 5.91 Å². The van der Waals surface area contributed by atoms with Crippen LogP contribution < -0.4 is 10.1 Å². The number of carbonyl (C=O) groups excluding carboxylic acids is 1. The van der Waals surface area contributed by atoms with Gasteiger partial charge in [0.25, 0.3) is 5.91 Å². The van der Waals surface area contributed by atoms with Crippen LogP contribution in [0, 0.1) is 6.92 Å². The summed E-state index contributed by atoms with van der Waals surface area (Å²) in [5.41, 5.74) is 5.15. The monoisotopic (exact) mass is 563 g/mol. The van der Waals surface area contributed by atoms with E-state index >= 15 is 0 Å². The van der Waals surface area contributed by atoms with E-state index in [-0.39, 0.29) is 18.0 Å². The van der Waals surface area contributed by atoms with Crippen molar-refractivity contribution in [3.05, 3.63) is 131 Å². The SMILES string of the molecule is Cc1ccc(CN2CCCCOC[C@H](Cc3ccccc3)NC(=O)c3ccccc3OC[C@@H]2Cc2ccccc2)cn1. The molecule has 3 aromatic carbocycles. The third kappa shape index (κ3) is 8.75. The number of amides is 1. The number of nitrogens with one attached hydrogen (secondary N) is 1. The Morgan fingerprint density at radius 2 is 1.52 bits per heavy atom. The molecule has 6 heteroatoms. The molecule has 2 atom stereocenters. The highest BCUT2D eigenvalue weighted by Crippen LogP contribution is 2.22. The van der Waals surface area contributed by atoms with Gasteiger partial charge in [0.1, 0.15) is 12.4 Å². The molecule has 0 bridgehead atoms. The molecule has 6 nitrogen and oxygen atoms in total. The van der Waals surface area contributed by atoms with Gasteiger partial charge in [-0.25, -0.2) is 0 Å². The first-order valence-corrected chi connectivity index (χ1v) is 15.0. The third-order valence-electron chi connectivity index (χ3n) is 7.71. The molecule has 1 aromatic heterocycles. The van der Waals surface area contributed by atoms with Gasteiger partial charge in [-0.1, -0.05) is 78.9 Å². The highest BCUT2D eigenvalue weighted by Gasteiger charge is 2.23. The third-order valence-corrected chi connectivity index (χ3v) is 7.71. The maximum absolute atomic E-state index is 13.6. The van der Waals surface area contributed by atoms with E-state index in [0.29, 0.717) is 37.6 Å². The van der Waals surface area contributed by atoms with Gasteiger partial charge in [-0.05, 0) is 74.0 Å². The van der Waals surface area contributed by atoms with E-state index in [2.05, 4.69) is 63.7 Å². The Balaban J connectivity index is 1.40. The van der Waals surface area contributed by atoms with E-state index in [1.165, 1.54) is 16.7 Å². The molecule has 1 aliphatic heterocycles. The lowest BCUT2D eigenvalue weighted by atomic mass is 10.0. The van der Waals surface area contributed by atoms with Gasteiger partial charge in [0.15, 0.2) is 0 Å². The number of para-hydroxylation sites is 1. The van der Waals surface area contributed by atoms with Gasteiger partial charge in [-0.2, -0.15) is 0 Å². The number of aryl methyl sites for hydroxylation is 1. The molecular weight excluding hydrogens is 522 g/mol. The first kappa shape index (κ1) is 29.5. The number of pyridine rings is 1. The van der Waals surface area contributed by atoms with Crippen LogP contribution in [0.4, 0.5) is 0 Å². The molecule has 0 saturated heterocycles. The number of fused-ring (bicyclic) bond motifs is 1. The van der Waals surface area contributed by atoms with Crippen molar-refractivity contribution in [1.82, 2.24) is 15.2 Å². The molecular formula is C36H41N3O3. The van der Waals surface area contributed by atoms with Crippen LogP contribution in [0.2, 0.25) is 0 Å². The zero-order valence-electron chi connectivity index (χ0n) is 24.5. The largest absolute Gasteiger partial charge is 0.491 e. The summed E-state index contributed by atoms with van der Waals surface area (Å²) >= 11 is 0. The van der Waals surface area contributed by atoms with Crippen LogP contribution in [-0.4, -0.2) is 54.2 Å². The second-order valence-electron chi connectivity index (χ2n) is 11.1. The second kappa shape index (κ2) is 15.3. The lowest BCUT2D eigenvalue weighted by Crippen LogP contribution is -2.41. The summed E-state index contributed by atoms with van der Waals surface area (Å²) in [7, 11) is 0. The molecule has 0 aliphatic carbocycles.